The van der Waals surface area contributed by atoms with E-state index in [1.165, 1.54) is 12.3 Å². The van der Waals surface area contributed by atoms with Crippen molar-refractivity contribution in [2.24, 2.45) is 7.05 Å². The number of aliphatic hydroxyl groups excluding tert-OH is 1. The summed E-state index contributed by atoms with van der Waals surface area (Å²) in [6.07, 6.45) is 2.93. The van der Waals surface area contributed by atoms with Crippen LogP contribution in [0.4, 0.5) is 0 Å². The molecule has 0 atom stereocenters. The van der Waals surface area contributed by atoms with Crippen LogP contribution in [0, 0.1) is 6.92 Å². The molecule has 0 aliphatic heterocycles. The molecule has 0 saturated carbocycles. The molecule has 96 valence electrons. The van der Waals surface area contributed by atoms with E-state index in [1.54, 1.807) is 18.5 Å². The molecule has 7 heteroatoms. The van der Waals surface area contributed by atoms with Crippen LogP contribution in [0.2, 0.25) is 0 Å². The molecule has 0 fully saturated rings. The summed E-state index contributed by atoms with van der Waals surface area (Å²) in [5.41, 5.74) is 0. The van der Waals surface area contributed by atoms with Crippen LogP contribution < -0.4 is 0 Å². The molecule has 1 rings (SSSR count). The average molecular weight is 259 g/mol. The van der Waals surface area contributed by atoms with E-state index in [2.05, 4.69) is 11.6 Å². The minimum absolute atomic E-state index is 0.00667. The highest BCUT2D eigenvalue weighted by molar-refractivity contribution is 7.89. The van der Waals surface area contributed by atoms with Gasteiger partial charge in [-0.3, -0.25) is 0 Å². The van der Waals surface area contributed by atoms with Crippen LogP contribution in [-0.4, -0.2) is 47.1 Å². The van der Waals surface area contributed by atoms with Gasteiger partial charge in [-0.2, -0.15) is 4.31 Å². The van der Waals surface area contributed by atoms with Crippen molar-refractivity contribution in [1.29, 1.82) is 0 Å². The Labute approximate surface area is 101 Å². The van der Waals surface area contributed by atoms with Crippen LogP contribution in [0.3, 0.4) is 0 Å². The number of rotatable bonds is 6. The fourth-order valence-corrected chi connectivity index (χ4v) is 2.77. The lowest BCUT2D eigenvalue weighted by molar-refractivity contribution is 0.260. The van der Waals surface area contributed by atoms with Gasteiger partial charge in [0.05, 0.1) is 6.61 Å². The first-order valence-electron chi connectivity index (χ1n) is 5.15. The molecule has 0 amide bonds. The summed E-state index contributed by atoms with van der Waals surface area (Å²) in [7, 11) is -1.93. The summed E-state index contributed by atoms with van der Waals surface area (Å²) in [4.78, 5) is 3.98. The Morgan fingerprint density at radius 1 is 1.65 bits per heavy atom. The van der Waals surface area contributed by atoms with E-state index in [1.807, 2.05) is 0 Å². The Morgan fingerprint density at radius 3 is 2.71 bits per heavy atom. The van der Waals surface area contributed by atoms with Crippen molar-refractivity contribution in [3.8, 4) is 0 Å². The van der Waals surface area contributed by atoms with Gasteiger partial charge in [0.2, 0.25) is 0 Å². The fourth-order valence-electron chi connectivity index (χ4n) is 1.35. The highest BCUT2D eigenvalue weighted by atomic mass is 32.2. The molecule has 0 aliphatic carbocycles. The number of imidazole rings is 1. The lowest BCUT2D eigenvalue weighted by Gasteiger charge is -2.17. The zero-order chi connectivity index (χ0) is 13.1. The van der Waals surface area contributed by atoms with Crippen LogP contribution in [0.15, 0.2) is 23.9 Å². The Morgan fingerprint density at radius 2 is 2.29 bits per heavy atom. The second kappa shape index (κ2) is 5.44. The summed E-state index contributed by atoms with van der Waals surface area (Å²) >= 11 is 0. The topological polar surface area (TPSA) is 75.4 Å². The van der Waals surface area contributed by atoms with Crippen molar-refractivity contribution in [3.63, 3.8) is 0 Å². The second-order valence-corrected chi connectivity index (χ2v) is 5.50. The van der Waals surface area contributed by atoms with Gasteiger partial charge in [-0.15, -0.1) is 6.58 Å². The summed E-state index contributed by atoms with van der Waals surface area (Å²) in [5, 5.41) is 8.86. The predicted octanol–water partition coefficient (Wildman–Crippen LogP) is -0.102. The first kappa shape index (κ1) is 13.9. The van der Waals surface area contributed by atoms with E-state index < -0.39 is 10.0 Å². The number of hydrogen-bond donors (Lipinski definition) is 1. The lowest BCUT2D eigenvalue weighted by Crippen LogP contribution is -2.34. The minimum atomic E-state index is -3.66. The van der Waals surface area contributed by atoms with Crippen molar-refractivity contribution in [1.82, 2.24) is 13.9 Å². The molecular formula is C10H17N3O3S. The molecule has 0 saturated heterocycles. The van der Waals surface area contributed by atoms with Gasteiger partial charge in [0.1, 0.15) is 5.82 Å². The van der Waals surface area contributed by atoms with Gasteiger partial charge in [0.15, 0.2) is 5.03 Å². The predicted molar refractivity (Wildman–Crippen MR) is 64.0 cm³/mol. The molecular weight excluding hydrogens is 242 g/mol. The van der Waals surface area contributed by atoms with Crippen molar-refractivity contribution in [2.45, 2.75) is 11.9 Å². The van der Waals surface area contributed by atoms with Crippen molar-refractivity contribution in [3.05, 3.63) is 24.7 Å². The van der Waals surface area contributed by atoms with Crippen LogP contribution in [0.25, 0.3) is 0 Å². The quantitative estimate of drug-likeness (QED) is 0.724. The zero-order valence-corrected chi connectivity index (χ0v) is 10.8. The average Bonchev–Trinajstić information content (AvgIpc) is 2.59. The van der Waals surface area contributed by atoms with E-state index in [0.29, 0.717) is 5.82 Å². The van der Waals surface area contributed by atoms with Gasteiger partial charge >= 0.3 is 0 Å². The van der Waals surface area contributed by atoms with Crippen LogP contribution in [0.1, 0.15) is 5.82 Å². The Balaban J connectivity index is 3.10. The summed E-state index contributed by atoms with van der Waals surface area (Å²) in [5.74, 6) is 0.617. The number of aryl methyl sites for hydroxylation is 2. The number of nitrogens with zero attached hydrogens (tertiary/aromatic N) is 3. The molecule has 0 radical (unpaired) electrons. The number of aliphatic hydroxyl groups is 1. The maximum atomic E-state index is 12.2. The van der Waals surface area contributed by atoms with E-state index in [9.17, 15) is 8.42 Å². The highest BCUT2D eigenvalue weighted by Crippen LogP contribution is 2.14. The van der Waals surface area contributed by atoms with Crippen LogP contribution >= 0.6 is 0 Å². The monoisotopic (exact) mass is 259 g/mol. The van der Waals surface area contributed by atoms with Gasteiger partial charge in [0, 0.05) is 26.3 Å². The third kappa shape index (κ3) is 2.93. The molecule has 1 heterocycles. The van der Waals surface area contributed by atoms with Gasteiger partial charge in [-0.1, -0.05) is 6.08 Å². The van der Waals surface area contributed by atoms with E-state index in [-0.39, 0.29) is 24.7 Å². The highest BCUT2D eigenvalue weighted by Gasteiger charge is 2.25. The number of aromatic nitrogens is 2. The molecule has 1 aromatic heterocycles. The maximum Gasteiger partial charge on any atom is 0.262 e. The summed E-state index contributed by atoms with van der Waals surface area (Å²) < 4.78 is 27.1. The Bertz CT molecular complexity index is 473. The van der Waals surface area contributed by atoms with Crippen LogP contribution in [0.5, 0.6) is 0 Å². The zero-order valence-electron chi connectivity index (χ0n) is 10.00. The third-order valence-electron chi connectivity index (χ3n) is 2.37. The minimum Gasteiger partial charge on any atom is -0.395 e. The number of sulfonamides is 1. The van der Waals surface area contributed by atoms with E-state index in [4.69, 9.17) is 5.11 Å². The molecule has 0 spiro atoms. The standard InChI is InChI=1S/C10H17N3O3S/c1-4-5-13(6-7-14)17(15,16)10-8-12(3)9(2)11-10/h4,8,14H,1,5-7H2,2-3H3. The fraction of sp³-hybridized carbons (Fsp3) is 0.500. The Hall–Kier alpha value is -1.18. The first-order chi connectivity index (χ1) is 7.93. The summed E-state index contributed by atoms with van der Waals surface area (Å²) in [6, 6.07) is 0. The normalized spacial score (nSPS) is 12.0. The van der Waals surface area contributed by atoms with Gasteiger partial charge < -0.3 is 9.67 Å². The smallest absolute Gasteiger partial charge is 0.262 e. The van der Waals surface area contributed by atoms with Gasteiger partial charge in [-0.25, -0.2) is 13.4 Å². The molecule has 17 heavy (non-hydrogen) atoms. The van der Waals surface area contributed by atoms with Crippen molar-refractivity contribution >= 4 is 10.0 Å². The molecule has 1 N–H and O–H groups in total. The van der Waals surface area contributed by atoms with Crippen LogP contribution in [-0.2, 0) is 17.1 Å². The van der Waals surface area contributed by atoms with Crippen molar-refractivity contribution in [2.75, 3.05) is 19.7 Å². The number of hydrogen-bond acceptors (Lipinski definition) is 4. The van der Waals surface area contributed by atoms with E-state index in [0.717, 1.165) is 4.31 Å². The molecule has 0 aromatic carbocycles. The maximum absolute atomic E-state index is 12.2. The second-order valence-electron chi connectivity index (χ2n) is 3.61. The largest absolute Gasteiger partial charge is 0.395 e. The van der Waals surface area contributed by atoms with Gasteiger partial charge in [0.25, 0.3) is 10.0 Å². The third-order valence-corrected chi connectivity index (χ3v) is 4.11. The molecule has 0 aliphatic rings. The molecule has 6 nitrogen and oxygen atoms in total. The summed E-state index contributed by atoms with van der Waals surface area (Å²) in [6.45, 7) is 5.17. The first-order valence-corrected chi connectivity index (χ1v) is 6.59. The molecule has 0 unspecified atom stereocenters. The van der Waals surface area contributed by atoms with Gasteiger partial charge in [-0.05, 0) is 6.92 Å². The SMILES string of the molecule is C=CCN(CCO)S(=O)(=O)c1cn(C)c(C)n1. The van der Waals surface area contributed by atoms with Crippen molar-refractivity contribution < 1.29 is 13.5 Å². The molecule has 1 aromatic rings. The molecule has 0 bridgehead atoms. The van der Waals surface area contributed by atoms with E-state index >= 15 is 0 Å². The Kier molecular flexibility index (Phi) is 4.44. The lowest BCUT2D eigenvalue weighted by atomic mass is 10.6.